The average molecular weight is 343 g/mol. The first-order valence-electron chi connectivity index (χ1n) is 7.90. The van der Waals surface area contributed by atoms with Crippen LogP contribution >= 0.6 is 12.6 Å². The van der Waals surface area contributed by atoms with Gasteiger partial charge in [-0.2, -0.15) is 12.6 Å². The first-order valence-corrected chi connectivity index (χ1v) is 8.53. The van der Waals surface area contributed by atoms with Gasteiger partial charge in [-0.3, -0.25) is 4.79 Å². The summed E-state index contributed by atoms with van der Waals surface area (Å²) in [5, 5.41) is 11.9. The lowest BCUT2D eigenvalue weighted by Gasteiger charge is -2.18. The monoisotopic (exact) mass is 343 g/mol. The molecule has 1 atom stereocenters. The maximum atomic E-state index is 12.8. The highest BCUT2D eigenvalue weighted by Gasteiger charge is 2.23. The summed E-state index contributed by atoms with van der Waals surface area (Å²) in [4.78, 5) is 24.1. The van der Waals surface area contributed by atoms with Gasteiger partial charge in [0, 0.05) is 0 Å². The van der Waals surface area contributed by atoms with E-state index in [1.807, 2.05) is 55.5 Å². The number of thiol groups is 1. The number of carboxylic acids is 1. The molecule has 0 bridgehead atoms. The fourth-order valence-corrected chi connectivity index (χ4v) is 2.90. The van der Waals surface area contributed by atoms with Crippen molar-refractivity contribution in [3.63, 3.8) is 0 Å². The van der Waals surface area contributed by atoms with Crippen molar-refractivity contribution >= 4 is 24.5 Å². The number of rotatable bonds is 7. The van der Waals surface area contributed by atoms with Crippen molar-refractivity contribution in [3.8, 4) is 11.1 Å². The summed E-state index contributed by atoms with van der Waals surface area (Å²) in [5.74, 6) is -1.02. The van der Waals surface area contributed by atoms with Crippen LogP contribution in [-0.2, 0) is 11.2 Å². The second-order valence-electron chi connectivity index (χ2n) is 5.44. The highest BCUT2D eigenvalue weighted by atomic mass is 32.1. The molecule has 4 nitrogen and oxygen atoms in total. The number of hydrogen-bond acceptors (Lipinski definition) is 3. The van der Waals surface area contributed by atoms with Crippen molar-refractivity contribution in [1.82, 2.24) is 5.32 Å². The predicted molar refractivity (Wildman–Crippen MR) is 98.6 cm³/mol. The quantitative estimate of drug-likeness (QED) is 0.675. The number of benzene rings is 2. The summed E-state index contributed by atoms with van der Waals surface area (Å²) in [6.07, 6.45) is 0.965. The molecule has 2 rings (SSSR count). The second kappa shape index (κ2) is 8.55. The number of nitrogens with one attached hydrogen (secondary N) is 1. The smallest absolute Gasteiger partial charge is 0.326 e. The van der Waals surface area contributed by atoms with E-state index in [1.54, 1.807) is 0 Å². The van der Waals surface area contributed by atoms with Gasteiger partial charge in [0.2, 0.25) is 0 Å². The molecule has 0 radical (unpaired) electrons. The van der Waals surface area contributed by atoms with E-state index in [2.05, 4.69) is 17.9 Å². The van der Waals surface area contributed by atoms with Crippen LogP contribution in [0.15, 0.2) is 48.5 Å². The summed E-state index contributed by atoms with van der Waals surface area (Å²) >= 11 is 4.07. The Morgan fingerprint density at radius 2 is 1.83 bits per heavy atom. The largest absolute Gasteiger partial charge is 0.480 e. The van der Waals surface area contributed by atoms with Crippen LogP contribution in [-0.4, -0.2) is 28.8 Å². The third kappa shape index (κ3) is 4.17. The lowest BCUT2D eigenvalue weighted by atomic mass is 9.93. The zero-order valence-corrected chi connectivity index (χ0v) is 14.4. The average Bonchev–Trinajstić information content (AvgIpc) is 2.61. The minimum atomic E-state index is -1.05. The molecule has 0 aliphatic heterocycles. The predicted octanol–water partition coefficient (Wildman–Crippen LogP) is 3.42. The molecule has 0 aromatic heterocycles. The molecule has 126 valence electrons. The Balaban J connectivity index is 2.44. The van der Waals surface area contributed by atoms with Crippen LogP contribution in [0.25, 0.3) is 11.1 Å². The van der Waals surface area contributed by atoms with Gasteiger partial charge in [0.25, 0.3) is 5.91 Å². The number of carbonyl (C=O) groups excluding carboxylic acids is 1. The van der Waals surface area contributed by atoms with E-state index in [0.717, 1.165) is 16.7 Å². The van der Waals surface area contributed by atoms with Crippen LogP contribution in [0.5, 0.6) is 0 Å². The fourth-order valence-electron chi connectivity index (χ4n) is 2.64. The Bertz CT molecular complexity index is 716. The summed E-state index contributed by atoms with van der Waals surface area (Å²) in [5.41, 5.74) is 3.17. The molecule has 5 heteroatoms. The standard InChI is InChI=1S/C19H21NO3S/c1-2-13-9-6-10-15(14-7-4-3-5-8-14)17(13)18(21)20-16(11-12-24)19(22)23/h3-10,16,24H,2,11-12H2,1H3,(H,20,21)(H,22,23)/t16-/m0/s1. The molecule has 0 saturated carbocycles. The number of carboxylic acid groups (broad SMARTS) is 1. The molecule has 0 spiro atoms. The van der Waals surface area contributed by atoms with E-state index >= 15 is 0 Å². The number of aliphatic carboxylic acids is 1. The van der Waals surface area contributed by atoms with Gasteiger partial charge >= 0.3 is 5.97 Å². The Morgan fingerprint density at radius 3 is 2.42 bits per heavy atom. The molecule has 2 aromatic rings. The Hall–Kier alpha value is -2.27. The molecule has 0 fully saturated rings. The lowest BCUT2D eigenvalue weighted by molar-refractivity contribution is -0.139. The SMILES string of the molecule is CCc1cccc(-c2ccccc2)c1C(=O)N[C@@H](CCS)C(=O)O. The Labute approximate surface area is 147 Å². The normalized spacial score (nSPS) is 11.8. The minimum absolute atomic E-state index is 0.277. The molecule has 24 heavy (non-hydrogen) atoms. The van der Waals surface area contributed by atoms with Gasteiger partial charge < -0.3 is 10.4 Å². The minimum Gasteiger partial charge on any atom is -0.480 e. The van der Waals surface area contributed by atoms with Crippen LogP contribution in [0.2, 0.25) is 0 Å². The molecule has 1 amide bonds. The van der Waals surface area contributed by atoms with Crippen LogP contribution in [0, 0.1) is 0 Å². The molecule has 0 unspecified atom stereocenters. The Morgan fingerprint density at radius 1 is 1.12 bits per heavy atom. The first-order chi connectivity index (χ1) is 11.6. The highest BCUT2D eigenvalue weighted by Crippen LogP contribution is 2.27. The number of hydrogen-bond donors (Lipinski definition) is 3. The number of amides is 1. The maximum Gasteiger partial charge on any atom is 0.326 e. The van der Waals surface area contributed by atoms with Crippen molar-refractivity contribution in [1.29, 1.82) is 0 Å². The van der Waals surface area contributed by atoms with E-state index in [1.165, 1.54) is 0 Å². The van der Waals surface area contributed by atoms with Crippen LogP contribution in [0.3, 0.4) is 0 Å². The third-order valence-corrected chi connectivity index (χ3v) is 4.12. The van der Waals surface area contributed by atoms with Gasteiger partial charge in [-0.25, -0.2) is 4.79 Å². The molecule has 0 saturated heterocycles. The van der Waals surface area contributed by atoms with Crippen molar-refractivity contribution in [2.75, 3.05) is 5.75 Å². The Kier molecular flexibility index (Phi) is 6.44. The molecule has 2 aromatic carbocycles. The number of carbonyl (C=O) groups is 2. The zero-order valence-electron chi connectivity index (χ0n) is 13.5. The summed E-state index contributed by atoms with van der Waals surface area (Å²) in [6, 6.07) is 14.4. The van der Waals surface area contributed by atoms with Crippen LogP contribution < -0.4 is 5.32 Å². The zero-order chi connectivity index (χ0) is 17.5. The van der Waals surface area contributed by atoms with E-state index in [-0.39, 0.29) is 12.3 Å². The van der Waals surface area contributed by atoms with Gasteiger partial charge in [0.1, 0.15) is 6.04 Å². The fraction of sp³-hybridized carbons (Fsp3) is 0.263. The summed E-state index contributed by atoms with van der Waals surface area (Å²) in [7, 11) is 0. The molecule has 0 aliphatic rings. The molecular weight excluding hydrogens is 322 g/mol. The van der Waals surface area contributed by atoms with E-state index in [4.69, 9.17) is 0 Å². The van der Waals surface area contributed by atoms with Gasteiger partial charge in [0.05, 0.1) is 5.56 Å². The molecule has 2 N–H and O–H groups in total. The van der Waals surface area contributed by atoms with Crippen molar-refractivity contribution < 1.29 is 14.7 Å². The van der Waals surface area contributed by atoms with Crippen LogP contribution in [0.4, 0.5) is 0 Å². The summed E-state index contributed by atoms with van der Waals surface area (Å²) in [6.45, 7) is 1.98. The molecule has 0 aliphatic carbocycles. The summed E-state index contributed by atoms with van der Waals surface area (Å²) < 4.78 is 0. The maximum absolute atomic E-state index is 12.8. The van der Waals surface area contributed by atoms with E-state index < -0.39 is 12.0 Å². The lowest BCUT2D eigenvalue weighted by Crippen LogP contribution is -2.41. The van der Waals surface area contributed by atoms with Crippen molar-refractivity contribution in [3.05, 3.63) is 59.7 Å². The van der Waals surface area contributed by atoms with E-state index in [0.29, 0.717) is 17.7 Å². The van der Waals surface area contributed by atoms with E-state index in [9.17, 15) is 14.7 Å². The van der Waals surface area contributed by atoms with Gasteiger partial charge in [0.15, 0.2) is 0 Å². The van der Waals surface area contributed by atoms with Gasteiger partial charge in [-0.15, -0.1) is 0 Å². The second-order valence-corrected chi connectivity index (χ2v) is 5.88. The van der Waals surface area contributed by atoms with Crippen LogP contribution in [0.1, 0.15) is 29.3 Å². The van der Waals surface area contributed by atoms with Gasteiger partial charge in [-0.1, -0.05) is 55.5 Å². The van der Waals surface area contributed by atoms with Gasteiger partial charge in [-0.05, 0) is 35.3 Å². The third-order valence-electron chi connectivity index (χ3n) is 3.86. The molecule has 0 heterocycles. The number of aryl methyl sites for hydroxylation is 1. The topological polar surface area (TPSA) is 66.4 Å². The molecular formula is C19H21NO3S. The van der Waals surface area contributed by atoms with Crippen molar-refractivity contribution in [2.45, 2.75) is 25.8 Å². The highest BCUT2D eigenvalue weighted by molar-refractivity contribution is 7.80. The van der Waals surface area contributed by atoms with Crippen molar-refractivity contribution in [2.24, 2.45) is 0 Å². The first kappa shape index (κ1) is 18.1.